The lowest BCUT2D eigenvalue weighted by molar-refractivity contribution is 0.181. The number of benzene rings is 1. The molecule has 0 amide bonds. The first-order valence-electron chi connectivity index (χ1n) is 6.20. The van der Waals surface area contributed by atoms with Gasteiger partial charge in [0.15, 0.2) is 0 Å². The molecule has 1 aromatic heterocycles. The Hall–Kier alpha value is -1.70. The standard InChI is InChI=1S/C15H16N2OS/c1-18-11-13-14(9-10-16)19-15(17-13)8-7-12-5-3-2-4-6-12/h2-6H,7-9,11H2,1H3. The largest absolute Gasteiger partial charge is 0.378 e. The van der Waals surface area contributed by atoms with Gasteiger partial charge in [-0.05, 0) is 12.0 Å². The number of nitrogens with zero attached hydrogens (tertiary/aromatic N) is 2. The van der Waals surface area contributed by atoms with Crippen molar-refractivity contribution in [1.82, 2.24) is 4.98 Å². The maximum Gasteiger partial charge on any atom is 0.0935 e. The number of rotatable bonds is 6. The summed E-state index contributed by atoms with van der Waals surface area (Å²) in [5.74, 6) is 0. The zero-order valence-electron chi connectivity index (χ0n) is 10.9. The summed E-state index contributed by atoms with van der Waals surface area (Å²) in [7, 11) is 1.65. The predicted octanol–water partition coefficient (Wildman–Crippen LogP) is 3.14. The fourth-order valence-corrected chi connectivity index (χ4v) is 2.90. The van der Waals surface area contributed by atoms with Crippen molar-refractivity contribution in [2.24, 2.45) is 0 Å². The Balaban J connectivity index is 2.04. The lowest BCUT2D eigenvalue weighted by Gasteiger charge is -1.98. The van der Waals surface area contributed by atoms with Gasteiger partial charge in [0, 0.05) is 18.4 Å². The second-order valence-electron chi connectivity index (χ2n) is 4.23. The van der Waals surface area contributed by atoms with Crippen molar-refractivity contribution in [1.29, 1.82) is 5.26 Å². The third-order valence-electron chi connectivity index (χ3n) is 2.81. The second-order valence-corrected chi connectivity index (χ2v) is 5.40. The zero-order valence-corrected chi connectivity index (χ0v) is 11.7. The summed E-state index contributed by atoms with van der Waals surface area (Å²) >= 11 is 1.63. The van der Waals surface area contributed by atoms with Crippen molar-refractivity contribution in [3.05, 3.63) is 51.5 Å². The molecule has 2 aromatic rings. The van der Waals surface area contributed by atoms with Crippen LogP contribution < -0.4 is 0 Å². The van der Waals surface area contributed by atoms with Gasteiger partial charge in [-0.1, -0.05) is 30.3 Å². The summed E-state index contributed by atoms with van der Waals surface area (Å²) in [6.45, 7) is 0.485. The van der Waals surface area contributed by atoms with Crippen LogP contribution >= 0.6 is 11.3 Å². The number of aryl methyl sites for hydroxylation is 2. The van der Waals surface area contributed by atoms with Crippen LogP contribution in [0.25, 0.3) is 0 Å². The van der Waals surface area contributed by atoms with Crippen LogP contribution in [0.4, 0.5) is 0 Å². The third-order valence-corrected chi connectivity index (χ3v) is 3.97. The van der Waals surface area contributed by atoms with Gasteiger partial charge in [0.25, 0.3) is 0 Å². The fraction of sp³-hybridized carbons (Fsp3) is 0.333. The van der Waals surface area contributed by atoms with Crippen LogP contribution in [0, 0.1) is 11.3 Å². The molecule has 0 atom stereocenters. The molecule has 0 aliphatic carbocycles. The molecule has 2 rings (SSSR count). The number of aromatic nitrogens is 1. The molecular formula is C15H16N2OS. The first-order valence-corrected chi connectivity index (χ1v) is 7.02. The fourth-order valence-electron chi connectivity index (χ4n) is 1.90. The molecule has 0 unspecified atom stereocenters. The van der Waals surface area contributed by atoms with Gasteiger partial charge in [-0.2, -0.15) is 5.26 Å². The Morgan fingerprint density at radius 3 is 2.74 bits per heavy atom. The van der Waals surface area contributed by atoms with E-state index in [0.29, 0.717) is 13.0 Å². The molecule has 0 saturated carbocycles. The van der Waals surface area contributed by atoms with E-state index in [1.54, 1.807) is 18.4 Å². The minimum Gasteiger partial charge on any atom is -0.378 e. The first-order chi connectivity index (χ1) is 9.33. The van der Waals surface area contributed by atoms with Crippen LogP contribution in [0.3, 0.4) is 0 Å². The van der Waals surface area contributed by atoms with Gasteiger partial charge in [0.1, 0.15) is 0 Å². The minimum absolute atomic E-state index is 0.418. The number of hydrogen-bond donors (Lipinski definition) is 0. The highest BCUT2D eigenvalue weighted by Gasteiger charge is 2.10. The smallest absolute Gasteiger partial charge is 0.0935 e. The van der Waals surface area contributed by atoms with E-state index < -0.39 is 0 Å². The van der Waals surface area contributed by atoms with Crippen molar-refractivity contribution < 1.29 is 4.74 Å². The van der Waals surface area contributed by atoms with Crippen LogP contribution in [0.5, 0.6) is 0 Å². The molecule has 1 aromatic carbocycles. The maximum absolute atomic E-state index is 8.82. The summed E-state index contributed by atoms with van der Waals surface area (Å²) in [5.41, 5.74) is 2.23. The monoisotopic (exact) mass is 272 g/mol. The molecule has 0 aliphatic heterocycles. The summed E-state index contributed by atoms with van der Waals surface area (Å²) < 4.78 is 5.13. The molecule has 3 nitrogen and oxygen atoms in total. The molecule has 1 heterocycles. The molecule has 98 valence electrons. The zero-order chi connectivity index (χ0) is 13.5. The van der Waals surface area contributed by atoms with Crippen LogP contribution in [-0.4, -0.2) is 12.1 Å². The Kier molecular flexibility index (Phi) is 5.08. The Morgan fingerprint density at radius 1 is 1.26 bits per heavy atom. The van der Waals surface area contributed by atoms with Crippen LogP contribution in [0.1, 0.15) is 21.1 Å². The van der Waals surface area contributed by atoms with E-state index in [2.05, 4.69) is 35.3 Å². The lowest BCUT2D eigenvalue weighted by atomic mass is 10.1. The van der Waals surface area contributed by atoms with Gasteiger partial charge in [0.2, 0.25) is 0 Å². The quantitative estimate of drug-likeness (QED) is 0.811. The Morgan fingerprint density at radius 2 is 2.05 bits per heavy atom. The van der Waals surface area contributed by atoms with Crippen molar-refractivity contribution in [2.45, 2.75) is 25.9 Å². The number of hydrogen-bond acceptors (Lipinski definition) is 4. The second kappa shape index (κ2) is 7.03. The van der Waals surface area contributed by atoms with Gasteiger partial charge in [-0.25, -0.2) is 4.98 Å². The molecule has 19 heavy (non-hydrogen) atoms. The average Bonchev–Trinajstić information content (AvgIpc) is 2.81. The highest BCUT2D eigenvalue weighted by atomic mass is 32.1. The normalized spacial score (nSPS) is 10.3. The maximum atomic E-state index is 8.82. The minimum atomic E-state index is 0.418. The number of thiazole rings is 1. The average molecular weight is 272 g/mol. The van der Waals surface area contributed by atoms with Gasteiger partial charge in [-0.3, -0.25) is 0 Å². The molecule has 0 radical (unpaired) electrons. The van der Waals surface area contributed by atoms with Crippen LogP contribution in [-0.2, 0) is 30.6 Å². The third kappa shape index (κ3) is 3.88. The van der Waals surface area contributed by atoms with Crippen LogP contribution in [0.15, 0.2) is 30.3 Å². The van der Waals surface area contributed by atoms with E-state index in [0.717, 1.165) is 28.4 Å². The number of nitriles is 1. The van der Waals surface area contributed by atoms with E-state index in [4.69, 9.17) is 10.00 Å². The summed E-state index contributed by atoms with van der Waals surface area (Å²) in [5, 5.41) is 9.90. The molecule has 0 saturated heterocycles. The number of ether oxygens (including phenoxy) is 1. The van der Waals surface area contributed by atoms with E-state index in [9.17, 15) is 0 Å². The predicted molar refractivity (Wildman–Crippen MR) is 76.0 cm³/mol. The molecular weight excluding hydrogens is 256 g/mol. The Bertz CT molecular complexity index is 557. The lowest BCUT2D eigenvalue weighted by Crippen LogP contribution is -1.94. The summed E-state index contributed by atoms with van der Waals surface area (Å²) in [6, 6.07) is 12.6. The van der Waals surface area contributed by atoms with Crippen molar-refractivity contribution in [3.8, 4) is 6.07 Å². The molecule has 4 heteroatoms. The molecule has 0 bridgehead atoms. The van der Waals surface area contributed by atoms with E-state index in [1.165, 1.54) is 5.56 Å². The summed E-state index contributed by atoms with van der Waals surface area (Å²) in [4.78, 5) is 5.61. The number of methoxy groups -OCH3 is 1. The van der Waals surface area contributed by atoms with E-state index in [1.807, 2.05) is 6.07 Å². The van der Waals surface area contributed by atoms with Crippen molar-refractivity contribution in [3.63, 3.8) is 0 Å². The van der Waals surface area contributed by atoms with E-state index >= 15 is 0 Å². The molecule has 0 aliphatic rings. The van der Waals surface area contributed by atoms with Gasteiger partial charge >= 0.3 is 0 Å². The highest BCUT2D eigenvalue weighted by Crippen LogP contribution is 2.21. The molecule has 0 fully saturated rings. The summed E-state index contributed by atoms with van der Waals surface area (Å²) in [6.07, 6.45) is 2.31. The van der Waals surface area contributed by atoms with E-state index in [-0.39, 0.29) is 0 Å². The van der Waals surface area contributed by atoms with Gasteiger partial charge < -0.3 is 4.74 Å². The van der Waals surface area contributed by atoms with Crippen molar-refractivity contribution >= 4 is 11.3 Å². The highest BCUT2D eigenvalue weighted by molar-refractivity contribution is 7.11. The molecule has 0 N–H and O–H groups in total. The first kappa shape index (κ1) is 13.7. The topological polar surface area (TPSA) is 45.9 Å². The Labute approximate surface area is 117 Å². The van der Waals surface area contributed by atoms with Gasteiger partial charge in [0.05, 0.1) is 29.8 Å². The van der Waals surface area contributed by atoms with Gasteiger partial charge in [-0.15, -0.1) is 11.3 Å². The van der Waals surface area contributed by atoms with Crippen LogP contribution in [0.2, 0.25) is 0 Å². The SMILES string of the molecule is COCc1nc(CCc2ccccc2)sc1CC#N. The molecule has 0 spiro atoms. The van der Waals surface area contributed by atoms with Crippen molar-refractivity contribution in [2.75, 3.05) is 7.11 Å².